The number of aryl methyl sites for hydroxylation is 1. The molecule has 0 saturated heterocycles. The van der Waals surface area contributed by atoms with E-state index in [0.717, 1.165) is 11.7 Å². The van der Waals surface area contributed by atoms with E-state index in [1.54, 1.807) is 0 Å². The van der Waals surface area contributed by atoms with E-state index in [2.05, 4.69) is 30.5 Å². The second-order valence-electron chi connectivity index (χ2n) is 5.23. The van der Waals surface area contributed by atoms with E-state index in [1.165, 1.54) is 0 Å². The standard InChI is InChI=1S/C12H20N2OSi/c1-10-5-7-11(8-6-10)12(15)14-13-9-16(2,3)4/h5-8,13H,9H2,1-4H3,(H,14,15). The van der Waals surface area contributed by atoms with Gasteiger partial charge in [-0.25, -0.2) is 5.43 Å². The summed E-state index contributed by atoms with van der Waals surface area (Å²) in [5, 5.41) is 0. The SMILES string of the molecule is Cc1ccc(C(=O)NNC[Si](C)(C)C)cc1. The maximum atomic E-state index is 11.7. The minimum absolute atomic E-state index is 0.0711. The molecule has 0 aliphatic heterocycles. The zero-order chi connectivity index (χ0) is 12.2. The molecule has 16 heavy (non-hydrogen) atoms. The second-order valence-corrected chi connectivity index (χ2v) is 10.7. The van der Waals surface area contributed by atoms with Gasteiger partial charge in [-0.15, -0.1) is 0 Å². The first-order chi connectivity index (χ1) is 7.38. The molecule has 1 rings (SSSR count). The molecule has 0 aromatic heterocycles. The molecule has 3 nitrogen and oxygen atoms in total. The summed E-state index contributed by atoms with van der Waals surface area (Å²) in [5.41, 5.74) is 7.57. The number of carbonyl (C=O) groups is 1. The zero-order valence-corrected chi connectivity index (χ0v) is 11.4. The fourth-order valence-corrected chi connectivity index (χ4v) is 1.79. The maximum absolute atomic E-state index is 11.7. The first kappa shape index (κ1) is 12.9. The Morgan fingerprint density at radius 1 is 1.19 bits per heavy atom. The average Bonchev–Trinajstić information content (AvgIpc) is 2.16. The number of nitrogens with one attached hydrogen (secondary N) is 2. The Labute approximate surface area is 98.2 Å². The van der Waals surface area contributed by atoms with Crippen LogP contribution in [0.2, 0.25) is 19.6 Å². The third-order valence-corrected chi connectivity index (χ3v) is 3.37. The van der Waals surface area contributed by atoms with Crippen molar-refractivity contribution in [1.29, 1.82) is 0 Å². The summed E-state index contributed by atoms with van der Waals surface area (Å²) in [6.45, 7) is 8.75. The lowest BCUT2D eigenvalue weighted by molar-refractivity contribution is 0.0936. The van der Waals surface area contributed by atoms with Crippen molar-refractivity contribution in [2.45, 2.75) is 26.6 Å². The van der Waals surface area contributed by atoms with Crippen molar-refractivity contribution in [2.24, 2.45) is 0 Å². The van der Waals surface area contributed by atoms with Crippen LogP contribution < -0.4 is 10.9 Å². The number of hydrogen-bond acceptors (Lipinski definition) is 2. The van der Waals surface area contributed by atoms with Crippen LogP contribution in [0.4, 0.5) is 0 Å². The Morgan fingerprint density at radius 3 is 2.25 bits per heavy atom. The van der Waals surface area contributed by atoms with Crippen molar-refractivity contribution < 1.29 is 4.79 Å². The smallest absolute Gasteiger partial charge is 0.265 e. The van der Waals surface area contributed by atoms with E-state index < -0.39 is 8.07 Å². The fraction of sp³-hybridized carbons (Fsp3) is 0.417. The monoisotopic (exact) mass is 236 g/mol. The summed E-state index contributed by atoms with van der Waals surface area (Å²) in [6, 6.07) is 7.54. The van der Waals surface area contributed by atoms with Gasteiger partial charge in [0, 0.05) is 11.7 Å². The summed E-state index contributed by atoms with van der Waals surface area (Å²) in [6.07, 6.45) is 0.880. The highest BCUT2D eigenvalue weighted by Gasteiger charge is 2.12. The summed E-state index contributed by atoms with van der Waals surface area (Å²) in [7, 11) is -1.16. The summed E-state index contributed by atoms with van der Waals surface area (Å²) in [5.74, 6) is -0.0711. The van der Waals surface area contributed by atoms with Crippen LogP contribution in [0.25, 0.3) is 0 Å². The van der Waals surface area contributed by atoms with Crippen LogP contribution in [-0.2, 0) is 0 Å². The summed E-state index contributed by atoms with van der Waals surface area (Å²) in [4.78, 5) is 11.7. The summed E-state index contributed by atoms with van der Waals surface area (Å²) >= 11 is 0. The Bertz CT molecular complexity index is 354. The molecule has 0 fully saturated rings. The van der Waals surface area contributed by atoms with Gasteiger partial charge >= 0.3 is 0 Å². The van der Waals surface area contributed by atoms with E-state index in [-0.39, 0.29) is 5.91 Å². The molecule has 0 radical (unpaired) electrons. The lowest BCUT2D eigenvalue weighted by Gasteiger charge is -2.16. The van der Waals surface area contributed by atoms with E-state index in [1.807, 2.05) is 31.2 Å². The van der Waals surface area contributed by atoms with Crippen LogP contribution in [0.3, 0.4) is 0 Å². The van der Waals surface area contributed by atoms with Gasteiger partial charge < -0.3 is 0 Å². The van der Waals surface area contributed by atoms with Gasteiger partial charge in [0.15, 0.2) is 0 Å². The van der Waals surface area contributed by atoms with E-state index in [9.17, 15) is 4.79 Å². The van der Waals surface area contributed by atoms with E-state index in [0.29, 0.717) is 5.56 Å². The van der Waals surface area contributed by atoms with Crippen molar-refractivity contribution in [3.63, 3.8) is 0 Å². The maximum Gasteiger partial charge on any atom is 0.265 e. The highest BCUT2D eigenvalue weighted by molar-refractivity contribution is 6.76. The van der Waals surface area contributed by atoms with Gasteiger partial charge in [-0.05, 0) is 19.1 Å². The molecular weight excluding hydrogens is 216 g/mol. The molecule has 88 valence electrons. The van der Waals surface area contributed by atoms with Gasteiger partial charge in [-0.1, -0.05) is 37.3 Å². The second kappa shape index (κ2) is 5.27. The quantitative estimate of drug-likeness (QED) is 0.621. The van der Waals surface area contributed by atoms with Crippen LogP contribution in [-0.4, -0.2) is 20.1 Å². The normalized spacial score (nSPS) is 11.2. The third kappa shape index (κ3) is 4.59. The van der Waals surface area contributed by atoms with Crippen LogP contribution in [0.1, 0.15) is 15.9 Å². The lowest BCUT2D eigenvalue weighted by atomic mass is 10.1. The molecule has 4 heteroatoms. The van der Waals surface area contributed by atoms with Crippen LogP contribution in [0.15, 0.2) is 24.3 Å². The molecule has 0 aliphatic rings. The number of carbonyl (C=O) groups excluding carboxylic acids is 1. The number of hydrogen-bond donors (Lipinski definition) is 2. The highest BCUT2D eigenvalue weighted by atomic mass is 28.3. The molecule has 0 spiro atoms. The van der Waals surface area contributed by atoms with Gasteiger partial charge in [0.1, 0.15) is 0 Å². The van der Waals surface area contributed by atoms with E-state index >= 15 is 0 Å². The predicted molar refractivity (Wildman–Crippen MR) is 70.0 cm³/mol. The molecule has 0 unspecified atom stereocenters. The number of rotatable bonds is 4. The number of benzene rings is 1. The number of amides is 1. The predicted octanol–water partition coefficient (Wildman–Crippen LogP) is 2.11. The van der Waals surface area contributed by atoms with E-state index in [4.69, 9.17) is 0 Å². The Hall–Kier alpha value is -1.13. The van der Waals surface area contributed by atoms with Gasteiger partial charge in [-0.2, -0.15) is 0 Å². The topological polar surface area (TPSA) is 41.1 Å². The van der Waals surface area contributed by atoms with Crippen molar-refractivity contribution in [3.8, 4) is 0 Å². The average molecular weight is 236 g/mol. The molecule has 0 heterocycles. The molecule has 0 aliphatic carbocycles. The number of hydrazine groups is 1. The lowest BCUT2D eigenvalue weighted by Crippen LogP contribution is -2.46. The Balaban J connectivity index is 2.44. The van der Waals surface area contributed by atoms with Crippen molar-refractivity contribution >= 4 is 14.0 Å². The molecule has 1 aromatic carbocycles. The summed E-state index contributed by atoms with van der Waals surface area (Å²) < 4.78 is 0. The van der Waals surface area contributed by atoms with Crippen LogP contribution in [0.5, 0.6) is 0 Å². The molecule has 1 amide bonds. The molecular formula is C12H20N2OSi. The first-order valence-corrected chi connectivity index (χ1v) is 9.19. The first-order valence-electron chi connectivity index (χ1n) is 5.48. The van der Waals surface area contributed by atoms with Gasteiger partial charge in [0.25, 0.3) is 5.91 Å². The third-order valence-electron chi connectivity index (χ3n) is 2.13. The van der Waals surface area contributed by atoms with Gasteiger partial charge in [0.05, 0.1) is 8.07 Å². The molecule has 1 aromatic rings. The molecule has 0 bridgehead atoms. The van der Waals surface area contributed by atoms with Crippen LogP contribution in [0, 0.1) is 6.92 Å². The van der Waals surface area contributed by atoms with Gasteiger partial charge in [-0.3, -0.25) is 10.2 Å². The fourth-order valence-electron chi connectivity index (χ4n) is 1.17. The van der Waals surface area contributed by atoms with Gasteiger partial charge in [0.2, 0.25) is 0 Å². The zero-order valence-electron chi connectivity index (χ0n) is 10.4. The minimum atomic E-state index is -1.16. The Kier molecular flexibility index (Phi) is 4.26. The highest BCUT2D eigenvalue weighted by Crippen LogP contribution is 2.02. The van der Waals surface area contributed by atoms with Crippen molar-refractivity contribution in [3.05, 3.63) is 35.4 Å². The van der Waals surface area contributed by atoms with Crippen LogP contribution >= 0.6 is 0 Å². The molecule has 0 saturated carbocycles. The van der Waals surface area contributed by atoms with Crippen molar-refractivity contribution in [2.75, 3.05) is 6.17 Å². The largest absolute Gasteiger partial charge is 0.288 e. The Morgan fingerprint density at radius 2 is 1.75 bits per heavy atom. The van der Waals surface area contributed by atoms with Crippen molar-refractivity contribution in [1.82, 2.24) is 10.9 Å². The molecule has 0 atom stereocenters. The molecule has 2 N–H and O–H groups in total. The minimum Gasteiger partial charge on any atom is -0.288 e.